The lowest BCUT2D eigenvalue weighted by atomic mass is 10.00. The van der Waals surface area contributed by atoms with Gasteiger partial charge in [-0.05, 0) is 37.2 Å². The SMILES string of the molecule is CCCCCCC(NC)c1cc(Cl)ccc1Cl. The van der Waals surface area contributed by atoms with Crippen LogP contribution in [0.3, 0.4) is 0 Å². The third-order valence-corrected chi connectivity index (χ3v) is 3.61. The Hall–Kier alpha value is -0.240. The third kappa shape index (κ3) is 4.87. The molecule has 0 radical (unpaired) electrons. The van der Waals surface area contributed by atoms with Gasteiger partial charge in [-0.3, -0.25) is 0 Å². The maximum atomic E-state index is 6.21. The van der Waals surface area contributed by atoms with Crippen molar-refractivity contribution in [3.8, 4) is 0 Å². The molecule has 0 saturated heterocycles. The summed E-state index contributed by atoms with van der Waals surface area (Å²) in [6.07, 6.45) is 6.19. The van der Waals surface area contributed by atoms with Crippen molar-refractivity contribution >= 4 is 23.2 Å². The molecule has 0 fully saturated rings. The van der Waals surface area contributed by atoms with Gasteiger partial charge in [-0.15, -0.1) is 0 Å². The van der Waals surface area contributed by atoms with Crippen molar-refractivity contribution < 1.29 is 0 Å². The lowest BCUT2D eigenvalue weighted by Gasteiger charge is -2.18. The Labute approximate surface area is 115 Å². The van der Waals surface area contributed by atoms with E-state index in [4.69, 9.17) is 23.2 Å². The minimum atomic E-state index is 0.304. The van der Waals surface area contributed by atoms with Crippen LogP contribution in [0, 0.1) is 0 Å². The first-order valence-corrected chi connectivity index (χ1v) is 7.06. The number of nitrogens with one attached hydrogen (secondary N) is 1. The molecule has 0 heterocycles. The van der Waals surface area contributed by atoms with E-state index in [1.165, 1.54) is 25.7 Å². The Bertz CT molecular complexity index is 339. The molecular weight excluding hydrogens is 253 g/mol. The number of unbranched alkanes of at least 4 members (excludes halogenated alkanes) is 3. The minimum absolute atomic E-state index is 0.304. The van der Waals surface area contributed by atoms with Crippen molar-refractivity contribution in [2.24, 2.45) is 0 Å². The molecule has 1 N–H and O–H groups in total. The van der Waals surface area contributed by atoms with Gasteiger partial charge in [-0.1, -0.05) is 55.8 Å². The molecule has 0 aromatic heterocycles. The molecule has 96 valence electrons. The zero-order valence-corrected chi connectivity index (χ0v) is 12.1. The molecule has 0 bridgehead atoms. The van der Waals surface area contributed by atoms with E-state index in [0.29, 0.717) is 6.04 Å². The number of hydrogen-bond acceptors (Lipinski definition) is 1. The summed E-state index contributed by atoms with van der Waals surface area (Å²) in [6.45, 7) is 2.23. The smallest absolute Gasteiger partial charge is 0.0454 e. The molecule has 0 aliphatic heterocycles. The van der Waals surface area contributed by atoms with Crippen molar-refractivity contribution in [2.75, 3.05) is 7.05 Å². The third-order valence-electron chi connectivity index (χ3n) is 3.03. The van der Waals surface area contributed by atoms with Gasteiger partial charge in [0, 0.05) is 16.1 Å². The summed E-state index contributed by atoms with van der Waals surface area (Å²) in [5, 5.41) is 4.86. The molecule has 17 heavy (non-hydrogen) atoms. The van der Waals surface area contributed by atoms with Crippen LogP contribution in [0.5, 0.6) is 0 Å². The van der Waals surface area contributed by atoms with Crippen LogP contribution in [-0.2, 0) is 0 Å². The van der Waals surface area contributed by atoms with Gasteiger partial charge >= 0.3 is 0 Å². The van der Waals surface area contributed by atoms with Gasteiger partial charge in [0.1, 0.15) is 0 Å². The number of rotatable bonds is 7. The first-order chi connectivity index (χ1) is 8.19. The van der Waals surface area contributed by atoms with Crippen LogP contribution in [0.2, 0.25) is 10.0 Å². The monoisotopic (exact) mass is 273 g/mol. The van der Waals surface area contributed by atoms with Gasteiger partial charge in [0.25, 0.3) is 0 Å². The molecule has 0 aliphatic rings. The van der Waals surface area contributed by atoms with E-state index in [-0.39, 0.29) is 0 Å². The van der Waals surface area contributed by atoms with Crippen molar-refractivity contribution in [2.45, 2.75) is 45.1 Å². The highest BCUT2D eigenvalue weighted by Crippen LogP contribution is 2.29. The summed E-state index contributed by atoms with van der Waals surface area (Å²) in [6, 6.07) is 5.97. The highest BCUT2D eigenvalue weighted by Gasteiger charge is 2.12. The molecule has 1 unspecified atom stereocenters. The zero-order valence-electron chi connectivity index (χ0n) is 10.6. The molecule has 1 rings (SSSR count). The van der Waals surface area contributed by atoms with Gasteiger partial charge in [0.15, 0.2) is 0 Å². The molecule has 1 atom stereocenters. The lowest BCUT2D eigenvalue weighted by Crippen LogP contribution is -2.16. The summed E-state index contributed by atoms with van der Waals surface area (Å²) in [5.74, 6) is 0. The van der Waals surface area contributed by atoms with E-state index in [9.17, 15) is 0 Å². The molecule has 1 aromatic rings. The van der Waals surface area contributed by atoms with E-state index in [1.807, 2.05) is 25.2 Å². The Balaban J connectivity index is 2.62. The summed E-state index contributed by atoms with van der Waals surface area (Å²) < 4.78 is 0. The maximum absolute atomic E-state index is 6.21. The number of benzene rings is 1. The quantitative estimate of drug-likeness (QED) is 0.672. The fourth-order valence-electron chi connectivity index (χ4n) is 2.01. The Morgan fingerprint density at radius 3 is 2.59 bits per heavy atom. The first-order valence-electron chi connectivity index (χ1n) is 6.31. The molecule has 0 saturated carbocycles. The number of halogens is 2. The van der Waals surface area contributed by atoms with Crippen LogP contribution in [0.25, 0.3) is 0 Å². The molecule has 0 spiro atoms. The lowest BCUT2D eigenvalue weighted by molar-refractivity contribution is 0.505. The van der Waals surface area contributed by atoms with Crippen LogP contribution in [0.1, 0.15) is 50.6 Å². The minimum Gasteiger partial charge on any atom is -0.313 e. The van der Waals surface area contributed by atoms with Crippen LogP contribution in [0.15, 0.2) is 18.2 Å². The van der Waals surface area contributed by atoms with Gasteiger partial charge in [-0.2, -0.15) is 0 Å². The first kappa shape index (κ1) is 14.8. The van der Waals surface area contributed by atoms with Gasteiger partial charge < -0.3 is 5.32 Å². The average Bonchev–Trinajstić information content (AvgIpc) is 2.33. The fraction of sp³-hybridized carbons (Fsp3) is 0.571. The Morgan fingerprint density at radius 2 is 1.94 bits per heavy atom. The molecule has 0 amide bonds. The molecule has 3 heteroatoms. The molecule has 1 aromatic carbocycles. The highest BCUT2D eigenvalue weighted by atomic mass is 35.5. The van der Waals surface area contributed by atoms with Crippen LogP contribution in [-0.4, -0.2) is 7.05 Å². The summed E-state index contributed by atoms with van der Waals surface area (Å²) >= 11 is 12.2. The van der Waals surface area contributed by atoms with Gasteiger partial charge in [0.05, 0.1) is 0 Å². The number of hydrogen-bond donors (Lipinski definition) is 1. The predicted molar refractivity (Wildman–Crippen MR) is 77.0 cm³/mol. The van der Waals surface area contributed by atoms with E-state index >= 15 is 0 Å². The average molecular weight is 274 g/mol. The van der Waals surface area contributed by atoms with E-state index < -0.39 is 0 Å². The van der Waals surface area contributed by atoms with Crippen LogP contribution in [0.4, 0.5) is 0 Å². The molecule has 0 aliphatic carbocycles. The zero-order chi connectivity index (χ0) is 12.7. The van der Waals surface area contributed by atoms with Crippen molar-refractivity contribution in [3.63, 3.8) is 0 Å². The molecule has 1 nitrogen and oxygen atoms in total. The largest absolute Gasteiger partial charge is 0.313 e. The standard InChI is InChI=1S/C14H21Cl2N/c1-3-4-5-6-7-14(17-2)12-10-11(15)8-9-13(12)16/h8-10,14,17H,3-7H2,1-2H3. The highest BCUT2D eigenvalue weighted by molar-refractivity contribution is 6.33. The normalized spacial score (nSPS) is 12.7. The summed E-state index contributed by atoms with van der Waals surface area (Å²) in [4.78, 5) is 0. The van der Waals surface area contributed by atoms with Crippen LogP contribution >= 0.6 is 23.2 Å². The maximum Gasteiger partial charge on any atom is 0.0454 e. The van der Waals surface area contributed by atoms with Gasteiger partial charge in [0.2, 0.25) is 0 Å². The Morgan fingerprint density at radius 1 is 1.18 bits per heavy atom. The Kier molecular flexibility index (Phi) is 6.94. The van der Waals surface area contributed by atoms with E-state index in [2.05, 4.69) is 12.2 Å². The second-order valence-corrected chi connectivity index (χ2v) is 5.20. The van der Waals surface area contributed by atoms with Gasteiger partial charge in [-0.25, -0.2) is 0 Å². The fourth-order valence-corrected chi connectivity index (χ4v) is 2.44. The van der Waals surface area contributed by atoms with Crippen LogP contribution < -0.4 is 5.32 Å². The van der Waals surface area contributed by atoms with Crippen molar-refractivity contribution in [1.29, 1.82) is 0 Å². The molecular formula is C14H21Cl2N. The van der Waals surface area contributed by atoms with Crippen molar-refractivity contribution in [3.05, 3.63) is 33.8 Å². The van der Waals surface area contributed by atoms with E-state index in [0.717, 1.165) is 22.0 Å². The van der Waals surface area contributed by atoms with Crippen molar-refractivity contribution in [1.82, 2.24) is 5.32 Å². The predicted octanol–water partition coefficient (Wildman–Crippen LogP) is 5.22. The topological polar surface area (TPSA) is 12.0 Å². The second-order valence-electron chi connectivity index (χ2n) is 4.36. The summed E-state index contributed by atoms with van der Waals surface area (Å²) in [7, 11) is 1.97. The summed E-state index contributed by atoms with van der Waals surface area (Å²) in [5.41, 5.74) is 1.11. The second kappa shape index (κ2) is 7.97. The van der Waals surface area contributed by atoms with E-state index in [1.54, 1.807) is 0 Å².